The van der Waals surface area contributed by atoms with Crippen LogP contribution in [0.5, 0.6) is 0 Å². The molecule has 84 valence electrons. The fourth-order valence-corrected chi connectivity index (χ4v) is 2.51. The Kier molecular flexibility index (Phi) is 4.35. The summed E-state index contributed by atoms with van der Waals surface area (Å²) in [7, 11) is -1.51. The van der Waals surface area contributed by atoms with Gasteiger partial charge in [-0.15, -0.1) is 0 Å². The van der Waals surface area contributed by atoms with Gasteiger partial charge in [-0.3, -0.25) is 4.21 Å². The van der Waals surface area contributed by atoms with E-state index in [4.69, 9.17) is 5.73 Å². The molecule has 0 heterocycles. The Morgan fingerprint density at radius 1 is 1.47 bits per heavy atom. The van der Waals surface area contributed by atoms with Crippen LogP contribution in [0.4, 0.5) is 8.78 Å². The minimum atomic E-state index is -1.51. The van der Waals surface area contributed by atoms with Crippen molar-refractivity contribution in [3.8, 4) is 0 Å². The molecule has 0 amide bonds. The molecule has 5 heteroatoms. The molecule has 1 aromatic rings. The highest BCUT2D eigenvalue weighted by Crippen LogP contribution is 2.17. The lowest BCUT2D eigenvalue weighted by Gasteiger charge is -2.12. The summed E-state index contributed by atoms with van der Waals surface area (Å²) in [5, 5.41) is -0.287. The van der Waals surface area contributed by atoms with Crippen molar-refractivity contribution in [1.29, 1.82) is 0 Å². The van der Waals surface area contributed by atoms with Crippen LogP contribution < -0.4 is 5.73 Å². The zero-order valence-corrected chi connectivity index (χ0v) is 9.19. The summed E-state index contributed by atoms with van der Waals surface area (Å²) in [5.41, 5.74) is 5.41. The van der Waals surface area contributed by atoms with Gasteiger partial charge in [0.05, 0.1) is 20.9 Å². The van der Waals surface area contributed by atoms with E-state index in [0.717, 1.165) is 12.1 Å². The summed E-state index contributed by atoms with van der Waals surface area (Å²) >= 11 is 0. The fraction of sp³-hybridized carbons (Fsp3) is 0.400. The third kappa shape index (κ3) is 2.82. The standard InChI is InChI=1S/C10H13F2NOS/c1-2-8(6-13)15(14)10-4-3-7(11)5-9(10)12/h3-5,8H,2,6,13H2,1H3. The van der Waals surface area contributed by atoms with E-state index in [1.54, 1.807) is 0 Å². The van der Waals surface area contributed by atoms with Gasteiger partial charge in [-0.05, 0) is 18.6 Å². The minimum Gasteiger partial charge on any atom is -0.329 e. The Balaban J connectivity index is 3.00. The van der Waals surface area contributed by atoms with E-state index in [9.17, 15) is 13.0 Å². The van der Waals surface area contributed by atoms with E-state index in [-0.39, 0.29) is 16.7 Å². The van der Waals surface area contributed by atoms with Gasteiger partial charge in [-0.2, -0.15) is 0 Å². The summed E-state index contributed by atoms with van der Waals surface area (Å²) in [6, 6.07) is 3.04. The van der Waals surface area contributed by atoms with Crippen molar-refractivity contribution in [2.45, 2.75) is 23.5 Å². The first-order valence-electron chi connectivity index (χ1n) is 4.65. The summed E-state index contributed by atoms with van der Waals surface area (Å²) in [4.78, 5) is 0.0219. The molecule has 0 fully saturated rings. The van der Waals surface area contributed by atoms with E-state index in [0.29, 0.717) is 6.42 Å². The smallest absolute Gasteiger partial charge is 0.142 e. The molecule has 15 heavy (non-hydrogen) atoms. The molecular formula is C10H13F2NOS. The topological polar surface area (TPSA) is 43.1 Å². The molecule has 0 aliphatic carbocycles. The van der Waals surface area contributed by atoms with Crippen molar-refractivity contribution in [3.63, 3.8) is 0 Å². The Morgan fingerprint density at radius 3 is 2.60 bits per heavy atom. The van der Waals surface area contributed by atoms with Crippen LogP contribution in [0.25, 0.3) is 0 Å². The van der Waals surface area contributed by atoms with Crippen LogP contribution in [-0.4, -0.2) is 16.0 Å². The van der Waals surface area contributed by atoms with Crippen molar-refractivity contribution in [2.75, 3.05) is 6.54 Å². The Bertz CT molecular complexity index is 366. The van der Waals surface area contributed by atoms with E-state index in [1.165, 1.54) is 6.07 Å². The fourth-order valence-electron chi connectivity index (χ4n) is 1.22. The second-order valence-electron chi connectivity index (χ2n) is 3.14. The normalized spacial score (nSPS) is 14.9. The third-order valence-electron chi connectivity index (χ3n) is 2.13. The van der Waals surface area contributed by atoms with Crippen LogP contribution in [0.2, 0.25) is 0 Å². The van der Waals surface area contributed by atoms with Crippen molar-refractivity contribution in [2.24, 2.45) is 5.73 Å². The number of nitrogens with two attached hydrogens (primary N) is 1. The van der Waals surface area contributed by atoms with Gasteiger partial charge < -0.3 is 5.73 Å². The first kappa shape index (κ1) is 12.3. The number of rotatable bonds is 4. The van der Waals surface area contributed by atoms with Gasteiger partial charge >= 0.3 is 0 Å². The molecule has 0 spiro atoms. The highest BCUT2D eigenvalue weighted by Gasteiger charge is 2.18. The molecular weight excluding hydrogens is 220 g/mol. The molecule has 0 aliphatic heterocycles. The number of hydrogen-bond acceptors (Lipinski definition) is 2. The van der Waals surface area contributed by atoms with Crippen LogP contribution in [0.15, 0.2) is 23.1 Å². The van der Waals surface area contributed by atoms with Crippen LogP contribution in [0.3, 0.4) is 0 Å². The molecule has 0 saturated heterocycles. The predicted molar refractivity (Wildman–Crippen MR) is 55.9 cm³/mol. The highest BCUT2D eigenvalue weighted by molar-refractivity contribution is 7.85. The molecule has 0 radical (unpaired) electrons. The van der Waals surface area contributed by atoms with Gasteiger partial charge in [0, 0.05) is 12.6 Å². The molecule has 2 N–H and O–H groups in total. The van der Waals surface area contributed by atoms with Crippen molar-refractivity contribution < 1.29 is 13.0 Å². The lowest BCUT2D eigenvalue weighted by molar-refractivity contribution is 0.560. The summed E-state index contributed by atoms with van der Waals surface area (Å²) in [6.45, 7) is 2.05. The first-order chi connectivity index (χ1) is 7.10. The Labute approximate surface area is 89.9 Å². The van der Waals surface area contributed by atoms with Crippen molar-refractivity contribution >= 4 is 10.8 Å². The van der Waals surface area contributed by atoms with E-state index < -0.39 is 22.4 Å². The molecule has 2 atom stereocenters. The maximum Gasteiger partial charge on any atom is 0.142 e. The van der Waals surface area contributed by atoms with Gasteiger partial charge in [-0.1, -0.05) is 6.92 Å². The van der Waals surface area contributed by atoms with Crippen molar-refractivity contribution in [3.05, 3.63) is 29.8 Å². The van der Waals surface area contributed by atoms with Crippen molar-refractivity contribution in [1.82, 2.24) is 0 Å². The molecule has 1 aromatic carbocycles. The average molecular weight is 233 g/mol. The quantitative estimate of drug-likeness (QED) is 0.861. The van der Waals surface area contributed by atoms with E-state index in [2.05, 4.69) is 0 Å². The van der Waals surface area contributed by atoms with Gasteiger partial charge in [0.25, 0.3) is 0 Å². The van der Waals surface area contributed by atoms with Gasteiger partial charge in [0.2, 0.25) is 0 Å². The zero-order valence-electron chi connectivity index (χ0n) is 8.37. The molecule has 0 bridgehead atoms. The van der Waals surface area contributed by atoms with Gasteiger partial charge in [-0.25, -0.2) is 8.78 Å². The maximum atomic E-state index is 13.3. The summed E-state index contributed by atoms with van der Waals surface area (Å²) < 4.78 is 37.7. The monoisotopic (exact) mass is 233 g/mol. The molecule has 0 aromatic heterocycles. The van der Waals surface area contributed by atoms with E-state index in [1.807, 2.05) is 6.92 Å². The van der Waals surface area contributed by atoms with Crippen LogP contribution in [-0.2, 0) is 10.8 Å². The Morgan fingerprint density at radius 2 is 2.13 bits per heavy atom. The zero-order chi connectivity index (χ0) is 11.4. The average Bonchev–Trinajstić information content (AvgIpc) is 2.19. The largest absolute Gasteiger partial charge is 0.329 e. The molecule has 1 rings (SSSR count). The van der Waals surface area contributed by atoms with Crippen LogP contribution in [0.1, 0.15) is 13.3 Å². The van der Waals surface area contributed by atoms with Gasteiger partial charge in [0.1, 0.15) is 11.6 Å². The summed E-state index contributed by atoms with van der Waals surface area (Å²) in [5.74, 6) is -1.45. The second kappa shape index (κ2) is 5.32. The third-order valence-corrected chi connectivity index (χ3v) is 4.03. The van der Waals surface area contributed by atoms with Crippen LogP contribution in [0, 0.1) is 11.6 Å². The highest BCUT2D eigenvalue weighted by atomic mass is 32.2. The number of halogens is 2. The Hall–Kier alpha value is -0.810. The maximum absolute atomic E-state index is 13.3. The molecule has 2 nitrogen and oxygen atoms in total. The second-order valence-corrected chi connectivity index (χ2v) is 4.84. The molecule has 0 saturated carbocycles. The molecule has 0 aliphatic rings. The number of hydrogen-bond donors (Lipinski definition) is 1. The summed E-state index contributed by atoms with van der Waals surface area (Å²) in [6.07, 6.45) is 0.597. The van der Waals surface area contributed by atoms with Crippen LogP contribution >= 0.6 is 0 Å². The first-order valence-corrected chi connectivity index (χ1v) is 5.87. The van der Waals surface area contributed by atoms with E-state index >= 15 is 0 Å². The SMILES string of the molecule is CCC(CN)S(=O)c1ccc(F)cc1F. The van der Waals surface area contributed by atoms with Gasteiger partial charge in [0.15, 0.2) is 0 Å². The lowest BCUT2D eigenvalue weighted by Crippen LogP contribution is -2.25. The minimum absolute atomic E-state index is 0.0219. The number of benzene rings is 1. The molecule has 2 unspecified atom stereocenters. The predicted octanol–water partition coefficient (Wildman–Crippen LogP) is 1.81. The lowest BCUT2D eigenvalue weighted by atomic mass is 10.3.